The molecule has 3 N–H and O–H groups in total. The first-order valence-electron chi connectivity index (χ1n) is 5.95. The number of nitrogens with two attached hydrogens (primary N) is 1. The highest BCUT2D eigenvalue weighted by atomic mass is 127. The number of pyridine rings is 1. The molecule has 0 radical (unpaired) electrons. The molecule has 0 spiro atoms. The second-order valence-corrected chi connectivity index (χ2v) is 6.92. The van der Waals surface area contributed by atoms with Gasteiger partial charge in [0.2, 0.25) is 0 Å². The molecule has 2 heterocycles. The molecule has 0 unspecified atom stereocenters. The zero-order valence-electron chi connectivity index (χ0n) is 10.6. The fourth-order valence-corrected chi connectivity index (χ4v) is 3.87. The van der Waals surface area contributed by atoms with Crippen LogP contribution in [0.4, 0.5) is 11.4 Å². The Morgan fingerprint density at radius 1 is 1.38 bits per heavy atom. The number of carbonyl (C=O) groups excluding carboxylic acids is 1. The monoisotopic (exact) mass is 429 g/mol. The van der Waals surface area contributed by atoms with Gasteiger partial charge in [0.05, 0.1) is 16.1 Å². The third kappa shape index (κ3) is 2.83. The van der Waals surface area contributed by atoms with Crippen LogP contribution in [0.25, 0.3) is 10.2 Å². The van der Waals surface area contributed by atoms with Crippen molar-refractivity contribution in [3.63, 3.8) is 0 Å². The number of hydrogen-bond donors (Lipinski definition) is 2. The molecular weight excluding hydrogens is 421 g/mol. The maximum atomic E-state index is 12.4. The number of anilines is 2. The molecule has 21 heavy (non-hydrogen) atoms. The van der Waals surface area contributed by atoms with E-state index in [1.54, 1.807) is 24.4 Å². The molecule has 4 nitrogen and oxygen atoms in total. The normalized spacial score (nSPS) is 10.8. The molecule has 7 heteroatoms. The minimum absolute atomic E-state index is 0.240. The Labute approximate surface area is 143 Å². The summed E-state index contributed by atoms with van der Waals surface area (Å²) in [4.78, 5) is 17.1. The zero-order chi connectivity index (χ0) is 15.0. The van der Waals surface area contributed by atoms with Crippen LogP contribution in [0.2, 0.25) is 5.02 Å². The maximum absolute atomic E-state index is 12.4. The van der Waals surface area contributed by atoms with Gasteiger partial charge in [0.15, 0.2) is 0 Å². The lowest BCUT2D eigenvalue weighted by atomic mass is 10.3. The number of rotatable bonds is 2. The zero-order valence-corrected chi connectivity index (χ0v) is 14.3. The standard InChI is InChI=1S/C14H9ClIN3OS/c15-7-3-4-9(8(16)6-7)19-14(20)13-11(17)12-10(21-13)2-1-5-18-12/h1-6H,17H2,(H,19,20). The Morgan fingerprint density at radius 2 is 2.19 bits per heavy atom. The van der Waals surface area contributed by atoms with Gasteiger partial charge >= 0.3 is 0 Å². The van der Waals surface area contributed by atoms with Crippen molar-refractivity contribution in [3.8, 4) is 0 Å². The SMILES string of the molecule is Nc1c(C(=O)Nc2ccc(Cl)cc2I)sc2cccnc12. The minimum Gasteiger partial charge on any atom is -0.396 e. The Hall–Kier alpha value is -1.38. The lowest BCUT2D eigenvalue weighted by Crippen LogP contribution is -2.12. The molecule has 0 aliphatic carbocycles. The lowest BCUT2D eigenvalue weighted by Gasteiger charge is -2.07. The number of benzene rings is 1. The van der Waals surface area contributed by atoms with Crippen LogP contribution >= 0.6 is 45.5 Å². The summed E-state index contributed by atoms with van der Waals surface area (Å²) >= 11 is 9.36. The van der Waals surface area contributed by atoms with E-state index in [1.807, 2.05) is 12.1 Å². The van der Waals surface area contributed by atoms with Crippen LogP contribution in [0.15, 0.2) is 36.5 Å². The third-order valence-electron chi connectivity index (χ3n) is 2.87. The number of amides is 1. The van der Waals surface area contributed by atoms with E-state index in [1.165, 1.54) is 11.3 Å². The molecule has 0 fully saturated rings. The summed E-state index contributed by atoms with van der Waals surface area (Å²) in [5.41, 5.74) is 7.80. The average Bonchev–Trinajstić information content (AvgIpc) is 2.80. The topological polar surface area (TPSA) is 68.0 Å². The Morgan fingerprint density at radius 3 is 2.90 bits per heavy atom. The van der Waals surface area contributed by atoms with Gasteiger partial charge in [-0.2, -0.15) is 0 Å². The molecule has 1 amide bonds. The Balaban J connectivity index is 1.95. The average molecular weight is 430 g/mol. The number of carbonyl (C=O) groups is 1. The third-order valence-corrected chi connectivity index (χ3v) is 5.15. The molecular formula is C14H9ClIN3OS. The highest BCUT2D eigenvalue weighted by Gasteiger charge is 2.17. The maximum Gasteiger partial charge on any atom is 0.267 e. The number of nitrogen functional groups attached to an aromatic ring is 1. The van der Waals surface area contributed by atoms with Crippen LogP contribution < -0.4 is 11.1 Å². The van der Waals surface area contributed by atoms with Gasteiger partial charge in [-0.05, 0) is 52.9 Å². The number of nitrogens with one attached hydrogen (secondary N) is 1. The van der Waals surface area contributed by atoms with Gasteiger partial charge in [0.1, 0.15) is 10.4 Å². The summed E-state index contributed by atoms with van der Waals surface area (Å²) in [6.45, 7) is 0. The molecule has 0 bridgehead atoms. The highest BCUT2D eigenvalue weighted by Crippen LogP contribution is 2.33. The smallest absolute Gasteiger partial charge is 0.267 e. The van der Waals surface area contributed by atoms with Crippen molar-refractivity contribution in [3.05, 3.63) is 50.0 Å². The van der Waals surface area contributed by atoms with Crippen LogP contribution in [-0.4, -0.2) is 10.9 Å². The summed E-state index contributed by atoms with van der Waals surface area (Å²) in [6, 6.07) is 9.00. The van der Waals surface area contributed by atoms with E-state index in [0.717, 1.165) is 8.27 Å². The van der Waals surface area contributed by atoms with Gasteiger partial charge in [-0.15, -0.1) is 11.3 Å². The number of fused-ring (bicyclic) bond motifs is 1. The number of hydrogen-bond acceptors (Lipinski definition) is 4. The van der Waals surface area contributed by atoms with Gasteiger partial charge in [0.25, 0.3) is 5.91 Å². The van der Waals surface area contributed by atoms with Crippen LogP contribution in [-0.2, 0) is 0 Å². The quantitative estimate of drug-likeness (QED) is 0.594. The Bertz CT molecular complexity index is 849. The molecule has 0 aliphatic heterocycles. The molecule has 2 aromatic heterocycles. The van der Waals surface area contributed by atoms with Crippen molar-refractivity contribution < 1.29 is 4.79 Å². The van der Waals surface area contributed by atoms with E-state index >= 15 is 0 Å². The fraction of sp³-hybridized carbons (Fsp3) is 0. The predicted molar refractivity (Wildman–Crippen MR) is 96.2 cm³/mol. The second kappa shape index (κ2) is 5.78. The van der Waals surface area contributed by atoms with Crippen LogP contribution in [0.1, 0.15) is 9.67 Å². The van der Waals surface area contributed by atoms with Crippen molar-refractivity contribution in [2.75, 3.05) is 11.1 Å². The minimum atomic E-state index is -0.240. The number of aromatic nitrogens is 1. The van der Waals surface area contributed by atoms with E-state index < -0.39 is 0 Å². The van der Waals surface area contributed by atoms with Crippen LogP contribution in [0.3, 0.4) is 0 Å². The first-order chi connectivity index (χ1) is 10.1. The largest absolute Gasteiger partial charge is 0.396 e. The van der Waals surface area contributed by atoms with E-state index in [2.05, 4.69) is 32.9 Å². The Kier molecular flexibility index (Phi) is 4.01. The fourth-order valence-electron chi connectivity index (χ4n) is 1.89. The number of halogens is 2. The molecule has 0 atom stereocenters. The van der Waals surface area contributed by atoms with E-state index in [0.29, 0.717) is 26.8 Å². The summed E-state index contributed by atoms with van der Waals surface area (Å²) in [5.74, 6) is -0.240. The number of thiophene rings is 1. The molecule has 0 saturated carbocycles. The second-order valence-electron chi connectivity index (χ2n) is 4.27. The summed E-state index contributed by atoms with van der Waals surface area (Å²) in [5, 5.41) is 3.48. The van der Waals surface area contributed by atoms with Gasteiger partial charge in [0, 0.05) is 14.8 Å². The molecule has 1 aromatic carbocycles. The highest BCUT2D eigenvalue weighted by molar-refractivity contribution is 14.1. The molecule has 0 saturated heterocycles. The van der Waals surface area contributed by atoms with Crippen molar-refractivity contribution >= 4 is 73.0 Å². The van der Waals surface area contributed by atoms with Gasteiger partial charge in [-0.25, -0.2) is 0 Å². The summed E-state index contributed by atoms with van der Waals surface area (Å²) in [6.07, 6.45) is 1.66. The molecule has 3 aromatic rings. The predicted octanol–water partition coefficient (Wildman–Crippen LogP) is 4.39. The summed E-state index contributed by atoms with van der Waals surface area (Å²) < 4.78 is 1.76. The van der Waals surface area contributed by atoms with Crippen LogP contribution in [0, 0.1) is 3.57 Å². The van der Waals surface area contributed by atoms with E-state index in [9.17, 15) is 4.79 Å². The molecule has 3 rings (SSSR count). The van der Waals surface area contributed by atoms with Crippen molar-refractivity contribution in [2.45, 2.75) is 0 Å². The van der Waals surface area contributed by atoms with Gasteiger partial charge in [-0.1, -0.05) is 11.6 Å². The van der Waals surface area contributed by atoms with Crippen LogP contribution in [0.5, 0.6) is 0 Å². The molecule has 0 aliphatic rings. The summed E-state index contributed by atoms with van der Waals surface area (Å²) in [7, 11) is 0. The number of nitrogens with zero attached hydrogens (tertiary/aromatic N) is 1. The first kappa shape index (κ1) is 14.6. The van der Waals surface area contributed by atoms with E-state index in [4.69, 9.17) is 17.3 Å². The van der Waals surface area contributed by atoms with Crippen molar-refractivity contribution in [1.82, 2.24) is 4.98 Å². The van der Waals surface area contributed by atoms with E-state index in [-0.39, 0.29) is 5.91 Å². The first-order valence-corrected chi connectivity index (χ1v) is 8.23. The molecule has 106 valence electrons. The van der Waals surface area contributed by atoms with Gasteiger partial charge < -0.3 is 11.1 Å². The van der Waals surface area contributed by atoms with Crippen molar-refractivity contribution in [1.29, 1.82) is 0 Å². The lowest BCUT2D eigenvalue weighted by molar-refractivity contribution is 0.103. The van der Waals surface area contributed by atoms with Crippen molar-refractivity contribution in [2.24, 2.45) is 0 Å². The van der Waals surface area contributed by atoms with Gasteiger partial charge in [-0.3, -0.25) is 9.78 Å².